The summed E-state index contributed by atoms with van der Waals surface area (Å²) < 4.78 is 5.28. The smallest absolute Gasteiger partial charge is 0.143 e. The van der Waals surface area contributed by atoms with Crippen molar-refractivity contribution in [3.8, 4) is 5.75 Å². The Bertz CT molecular complexity index is 366. The second kappa shape index (κ2) is 5.41. The molecular weight excluding hydrogens is 226 g/mol. The van der Waals surface area contributed by atoms with Crippen LogP contribution in [0.1, 0.15) is 12.5 Å². The Balaban J connectivity index is 3.06. The Morgan fingerprint density at radius 2 is 2.12 bits per heavy atom. The van der Waals surface area contributed by atoms with E-state index < -0.39 is 0 Å². The number of aliphatic hydroxyl groups is 1. The van der Waals surface area contributed by atoms with Gasteiger partial charge in [-0.05, 0) is 25.5 Å². The number of aliphatic hydroxyl groups excluding tert-OH is 1. The van der Waals surface area contributed by atoms with Crippen molar-refractivity contribution in [2.75, 3.05) is 25.6 Å². The van der Waals surface area contributed by atoms with E-state index in [1.54, 1.807) is 20.1 Å². The lowest BCUT2D eigenvalue weighted by Gasteiger charge is -2.23. The number of benzene rings is 1. The number of anilines is 1. The number of methoxy groups -OCH3 is 1. The maximum atomic E-state index is 9.36. The maximum absolute atomic E-state index is 9.36. The van der Waals surface area contributed by atoms with Crippen LogP contribution in [0.2, 0.25) is 5.02 Å². The summed E-state index contributed by atoms with van der Waals surface area (Å²) in [6.07, 6.45) is -0.384. The van der Waals surface area contributed by atoms with Crippen LogP contribution < -0.4 is 9.64 Å². The molecular formula is C12H18ClNO2. The van der Waals surface area contributed by atoms with Crippen molar-refractivity contribution >= 4 is 17.3 Å². The minimum absolute atomic E-state index is 0.384. The summed E-state index contributed by atoms with van der Waals surface area (Å²) in [6.45, 7) is 4.25. The number of hydrogen-bond acceptors (Lipinski definition) is 3. The molecule has 1 atom stereocenters. The fourth-order valence-electron chi connectivity index (χ4n) is 1.60. The van der Waals surface area contributed by atoms with Gasteiger partial charge >= 0.3 is 0 Å². The minimum atomic E-state index is -0.384. The van der Waals surface area contributed by atoms with Crippen LogP contribution in [0.4, 0.5) is 5.69 Å². The van der Waals surface area contributed by atoms with Crippen LogP contribution in [0.5, 0.6) is 5.75 Å². The summed E-state index contributed by atoms with van der Waals surface area (Å²) in [7, 11) is 3.53. The van der Waals surface area contributed by atoms with Crippen LogP contribution in [0.15, 0.2) is 12.1 Å². The lowest BCUT2D eigenvalue weighted by molar-refractivity contribution is 0.201. The van der Waals surface area contributed by atoms with Crippen LogP contribution in [0.3, 0.4) is 0 Å². The molecule has 0 amide bonds. The lowest BCUT2D eigenvalue weighted by Crippen LogP contribution is -2.27. The van der Waals surface area contributed by atoms with E-state index in [0.717, 1.165) is 17.0 Å². The van der Waals surface area contributed by atoms with E-state index in [-0.39, 0.29) is 6.10 Å². The molecule has 0 saturated heterocycles. The Morgan fingerprint density at radius 1 is 1.50 bits per heavy atom. The summed E-state index contributed by atoms with van der Waals surface area (Å²) in [4.78, 5) is 1.95. The number of halogens is 1. The van der Waals surface area contributed by atoms with Crippen LogP contribution in [-0.4, -0.2) is 31.9 Å². The van der Waals surface area contributed by atoms with Gasteiger partial charge in [-0.2, -0.15) is 0 Å². The Morgan fingerprint density at radius 3 is 2.62 bits per heavy atom. The molecule has 0 bridgehead atoms. The zero-order valence-electron chi connectivity index (χ0n) is 10.1. The maximum Gasteiger partial charge on any atom is 0.143 e. The van der Waals surface area contributed by atoms with Crippen molar-refractivity contribution in [1.82, 2.24) is 0 Å². The van der Waals surface area contributed by atoms with Gasteiger partial charge in [0.15, 0.2) is 0 Å². The average Bonchev–Trinajstić information content (AvgIpc) is 2.20. The van der Waals surface area contributed by atoms with Gasteiger partial charge in [0, 0.05) is 24.7 Å². The van der Waals surface area contributed by atoms with Gasteiger partial charge in [0.2, 0.25) is 0 Å². The molecule has 1 rings (SSSR count). The Kier molecular flexibility index (Phi) is 4.44. The van der Waals surface area contributed by atoms with Gasteiger partial charge in [-0.1, -0.05) is 11.6 Å². The number of aryl methyl sites for hydroxylation is 1. The third kappa shape index (κ3) is 3.03. The molecule has 16 heavy (non-hydrogen) atoms. The zero-order valence-corrected chi connectivity index (χ0v) is 10.9. The normalized spacial score (nSPS) is 12.4. The number of hydrogen-bond donors (Lipinski definition) is 1. The van der Waals surface area contributed by atoms with E-state index >= 15 is 0 Å². The highest BCUT2D eigenvalue weighted by Gasteiger charge is 2.12. The molecule has 0 saturated carbocycles. The SMILES string of the molecule is COc1cc(Cl)c(C)cc1N(C)CC(C)O. The van der Waals surface area contributed by atoms with Gasteiger partial charge < -0.3 is 14.7 Å². The minimum Gasteiger partial charge on any atom is -0.495 e. The number of nitrogens with zero attached hydrogens (tertiary/aromatic N) is 1. The van der Waals surface area contributed by atoms with Crippen LogP contribution in [0.25, 0.3) is 0 Å². The van der Waals surface area contributed by atoms with Crippen molar-refractivity contribution in [3.63, 3.8) is 0 Å². The average molecular weight is 244 g/mol. The Hall–Kier alpha value is -0.930. The van der Waals surface area contributed by atoms with Crippen LogP contribution >= 0.6 is 11.6 Å². The fourth-order valence-corrected chi connectivity index (χ4v) is 1.76. The zero-order chi connectivity index (χ0) is 12.3. The molecule has 0 aliphatic carbocycles. The van der Waals surface area contributed by atoms with E-state index in [0.29, 0.717) is 11.6 Å². The van der Waals surface area contributed by atoms with Crippen LogP contribution in [0, 0.1) is 6.92 Å². The van der Waals surface area contributed by atoms with Gasteiger partial charge in [-0.15, -0.1) is 0 Å². The lowest BCUT2D eigenvalue weighted by atomic mass is 10.2. The third-order valence-corrected chi connectivity index (χ3v) is 2.82. The molecule has 4 heteroatoms. The molecule has 0 spiro atoms. The molecule has 0 radical (unpaired) electrons. The molecule has 0 aliphatic rings. The fraction of sp³-hybridized carbons (Fsp3) is 0.500. The van der Waals surface area contributed by atoms with Gasteiger partial charge in [-0.25, -0.2) is 0 Å². The standard InChI is InChI=1S/C12H18ClNO2/c1-8-5-11(14(3)7-9(2)15)12(16-4)6-10(8)13/h5-6,9,15H,7H2,1-4H3. The summed E-state index contributed by atoms with van der Waals surface area (Å²) >= 11 is 6.03. The van der Waals surface area contributed by atoms with Gasteiger partial charge in [0.05, 0.1) is 18.9 Å². The molecule has 1 aromatic rings. The summed E-state index contributed by atoms with van der Waals surface area (Å²) in [5.41, 5.74) is 1.93. The van der Waals surface area contributed by atoms with Crippen molar-refractivity contribution in [2.45, 2.75) is 20.0 Å². The first-order valence-electron chi connectivity index (χ1n) is 5.19. The first-order valence-corrected chi connectivity index (χ1v) is 5.56. The summed E-state index contributed by atoms with van der Waals surface area (Å²) in [5, 5.41) is 10.0. The number of ether oxygens (including phenoxy) is 1. The predicted octanol–water partition coefficient (Wildman–Crippen LogP) is 2.47. The first-order chi connectivity index (χ1) is 7.45. The highest BCUT2D eigenvalue weighted by atomic mass is 35.5. The van der Waals surface area contributed by atoms with Crippen LogP contribution in [-0.2, 0) is 0 Å². The molecule has 90 valence electrons. The second-order valence-electron chi connectivity index (χ2n) is 4.00. The van der Waals surface area contributed by atoms with Crippen molar-refractivity contribution < 1.29 is 9.84 Å². The third-order valence-electron chi connectivity index (χ3n) is 2.41. The Labute approximate surface area is 102 Å². The van der Waals surface area contributed by atoms with Gasteiger partial charge in [0.1, 0.15) is 5.75 Å². The topological polar surface area (TPSA) is 32.7 Å². The highest BCUT2D eigenvalue weighted by Crippen LogP contribution is 2.33. The quantitative estimate of drug-likeness (QED) is 0.882. The number of rotatable bonds is 4. The van der Waals surface area contributed by atoms with Crippen molar-refractivity contribution in [3.05, 3.63) is 22.7 Å². The monoisotopic (exact) mass is 243 g/mol. The summed E-state index contributed by atoms with van der Waals surface area (Å²) in [6, 6.07) is 3.76. The molecule has 0 aromatic heterocycles. The summed E-state index contributed by atoms with van der Waals surface area (Å²) in [5.74, 6) is 0.721. The number of likely N-dealkylation sites (N-methyl/N-ethyl adjacent to an activating group) is 1. The van der Waals surface area contributed by atoms with Crippen molar-refractivity contribution in [1.29, 1.82) is 0 Å². The molecule has 1 unspecified atom stereocenters. The first kappa shape index (κ1) is 13.1. The van der Waals surface area contributed by atoms with Gasteiger partial charge in [0.25, 0.3) is 0 Å². The van der Waals surface area contributed by atoms with E-state index in [9.17, 15) is 5.11 Å². The largest absolute Gasteiger partial charge is 0.495 e. The predicted molar refractivity (Wildman–Crippen MR) is 67.7 cm³/mol. The molecule has 0 heterocycles. The molecule has 0 aliphatic heterocycles. The van der Waals surface area contributed by atoms with E-state index in [4.69, 9.17) is 16.3 Å². The molecule has 0 fully saturated rings. The van der Waals surface area contributed by atoms with E-state index in [2.05, 4.69) is 0 Å². The molecule has 1 N–H and O–H groups in total. The van der Waals surface area contributed by atoms with E-state index in [1.165, 1.54) is 0 Å². The molecule has 1 aromatic carbocycles. The second-order valence-corrected chi connectivity index (χ2v) is 4.41. The van der Waals surface area contributed by atoms with Gasteiger partial charge in [-0.3, -0.25) is 0 Å². The van der Waals surface area contributed by atoms with E-state index in [1.807, 2.05) is 24.9 Å². The van der Waals surface area contributed by atoms with Crippen molar-refractivity contribution in [2.24, 2.45) is 0 Å². The molecule has 3 nitrogen and oxygen atoms in total. The highest BCUT2D eigenvalue weighted by molar-refractivity contribution is 6.31.